The van der Waals surface area contributed by atoms with Gasteiger partial charge in [-0.2, -0.15) is 0 Å². The molecule has 2 rings (SSSR count). The van der Waals surface area contributed by atoms with Crippen LogP contribution in [0.5, 0.6) is 0 Å². The van der Waals surface area contributed by atoms with Crippen molar-refractivity contribution in [1.82, 2.24) is 0 Å². The number of hydrogen-bond acceptors (Lipinski definition) is 2. The quantitative estimate of drug-likeness (QED) is 0.418. The highest BCUT2D eigenvalue weighted by Gasteiger charge is 2.51. The summed E-state index contributed by atoms with van der Waals surface area (Å²) < 4.78 is 6.48. The van der Waals surface area contributed by atoms with Gasteiger partial charge in [-0.05, 0) is 80.3 Å². The molecule has 152 valence electrons. The number of allylic oxidation sites excluding steroid dienone is 1. The predicted molar refractivity (Wildman–Crippen MR) is 115 cm³/mol. The maximum atomic E-state index is 10.4. The number of fused-ring (bicyclic) bond motifs is 1. The molecule has 0 aromatic rings. The van der Waals surface area contributed by atoms with Gasteiger partial charge in [-0.15, -0.1) is 0 Å². The molecule has 2 aliphatic carbocycles. The number of hydrogen-bond donors (Lipinski definition) is 1. The van der Waals surface area contributed by atoms with E-state index in [2.05, 4.69) is 66.8 Å². The monoisotopic (exact) mass is 380 g/mol. The van der Waals surface area contributed by atoms with E-state index < -0.39 is 8.32 Å². The zero-order valence-electron chi connectivity index (χ0n) is 18.6. The highest BCUT2D eigenvalue weighted by Crippen LogP contribution is 2.57. The maximum Gasteiger partial charge on any atom is 0.192 e. The van der Waals surface area contributed by atoms with E-state index in [4.69, 9.17) is 4.43 Å². The SMILES string of the molecule is C[C@H](/C=C/C[C@H](C)O[Si](C)(C)C(C)(C)C)[C@H]1CC[C@H]2[C@@H](O)CCC[C@]12C. The average molecular weight is 381 g/mol. The third kappa shape index (κ3) is 4.64. The van der Waals surface area contributed by atoms with Gasteiger partial charge in [0, 0.05) is 6.10 Å². The molecule has 0 spiro atoms. The predicted octanol–water partition coefficient (Wildman–Crippen LogP) is 6.56. The second-order valence-electron chi connectivity index (χ2n) is 11.0. The molecule has 2 nitrogen and oxygen atoms in total. The van der Waals surface area contributed by atoms with E-state index in [1.165, 1.54) is 25.7 Å². The van der Waals surface area contributed by atoms with Crippen molar-refractivity contribution in [2.45, 2.75) is 110 Å². The van der Waals surface area contributed by atoms with E-state index in [1.54, 1.807) is 0 Å². The van der Waals surface area contributed by atoms with Crippen molar-refractivity contribution in [1.29, 1.82) is 0 Å². The van der Waals surface area contributed by atoms with Crippen molar-refractivity contribution in [3.63, 3.8) is 0 Å². The van der Waals surface area contributed by atoms with Gasteiger partial charge in [-0.1, -0.05) is 53.2 Å². The Morgan fingerprint density at radius 1 is 1.19 bits per heavy atom. The number of aliphatic hydroxyl groups is 1. The molecule has 6 atom stereocenters. The zero-order chi connectivity index (χ0) is 19.8. The van der Waals surface area contributed by atoms with Gasteiger partial charge in [0.25, 0.3) is 0 Å². The molecule has 0 amide bonds. The lowest BCUT2D eigenvalue weighted by Gasteiger charge is -2.44. The lowest BCUT2D eigenvalue weighted by Crippen LogP contribution is -2.43. The van der Waals surface area contributed by atoms with Crippen LogP contribution in [0.2, 0.25) is 18.1 Å². The summed E-state index contributed by atoms with van der Waals surface area (Å²) in [5.74, 6) is 1.84. The van der Waals surface area contributed by atoms with Gasteiger partial charge in [0.1, 0.15) is 0 Å². The molecule has 0 unspecified atom stereocenters. The molecule has 0 aliphatic heterocycles. The summed E-state index contributed by atoms with van der Waals surface area (Å²) in [6.07, 6.45) is 12.0. The summed E-state index contributed by atoms with van der Waals surface area (Å²) in [5, 5.41) is 10.7. The fourth-order valence-corrected chi connectivity index (χ4v) is 6.86. The van der Waals surface area contributed by atoms with Crippen molar-refractivity contribution in [2.24, 2.45) is 23.2 Å². The summed E-state index contributed by atoms with van der Waals surface area (Å²) in [6, 6.07) is 0. The Bertz CT molecular complexity index is 493. The van der Waals surface area contributed by atoms with E-state index >= 15 is 0 Å². The first kappa shape index (κ1) is 22.2. The topological polar surface area (TPSA) is 29.5 Å². The lowest BCUT2D eigenvalue weighted by atomic mass is 9.62. The van der Waals surface area contributed by atoms with Crippen molar-refractivity contribution in [3.05, 3.63) is 12.2 Å². The van der Waals surface area contributed by atoms with Gasteiger partial charge in [0.05, 0.1) is 6.10 Å². The molecule has 26 heavy (non-hydrogen) atoms. The van der Waals surface area contributed by atoms with E-state index in [1.807, 2.05) is 0 Å². The van der Waals surface area contributed by atoms with E-state index in [-0.39, 0.29) is 11.1 Å². The second-order valence-corrected chi connectivity index (χ2v) is 15.7. The van der Waals surface area contributed by atoms with Gasteiger partial charge in [-0.25, -0.2) is 0 Å². The molecule has 0 bridgehead atoms. The standard InChI is InChI=1S/C23H44O2Si/c1-17(11-9-12-18(2)25-26(7,8)22(3,4)5)19-14-15-20-21(24)13-10-16-23(19,20)6/h9,11,17-21,24H,10,12-16H2,1-8H3/b11-9+/t17-,18+,19-,20+,21+,23-/m1/s1. The molecule has 3 heteroatoms. The lowest BCUT2D eigenvalue weighted by molar-refractivity contribution is -0.0231. The molecular weight excluding hydrogens is 336 g/mol. The highest BCUT2D eigenvalue weighted by molar-refractivity contribution is 6.74. The van der Waals surface area contributed by atoms with Gasteiger partial charge in [0.2, 0.25) is 0 Å². The summed E-state index contributed by atoms with van der Waals surface area (Å²) in [6.45, 7) is 18.6. The first-order chi connectivity index (χ1) is 11.9. The summed E-state index contributed by atoms with van der Waals surface area (Å²) in [5.41, 5.74) is 0.338. The third-order valence-corrected chi connectivity index (χ3v) is 12.6. The van der Waals surface area contributed by atoms with Crippen LogP contribution in [0.3, 0.4) is 0 Å². The maximum absolute atomic E-state index is 10.4. The Kier molecular flexibility index (Phi) is 6.90. The molecule has 0 aromatic heterocycles. The summed E-state index contributed by atoms with van der Waals surface area (Å²) >= 11 is 0. The second kappa shape index (κ2) is 8.09. The molecule has 1 N–H and O–H groups in total. The Morgan fingerprint density at radius 3 is 2.46 bits per heavy atom. The Balaban J connectivity index is 1.90. The zero-order valence-corrected chi connectivity index (χ0v) is 19.6. The van der Waals surface area contributed by atoms with E-state index in [0.717, 1.165) is 18.8 Å². The molecule has 2 aliphatic rings. The summed E-state index contributed by atoms with van der Waals surface area (Å²) in [4.78, 5) is 0. The largest absolute Gasteiger partial charge is 0.414 e. The van der Waals surface area contributed by atoms with Crippen LogP contribution in [-0.2, 0) is 4.43 Å². The normalized spacial score (nSPS) is 35.5. The van der Waals surface area contributed by atoms with Gasteiger partial charge in [-0.3, -0.25) is 0 Å². The number of rotatable bonds is 6. The Morgan fingerprint density at radius 2 is 1.85 bits per heavy atom. The van der Waals surface area contributed by atoms with Crippen LogP contribution in [0, 0.1) is 23.2 Å². The summed E-state index contributed by atoms with van der Waals surface area (Å²) in [7, 11) is -1.68. The van der Waals surface area contributed by atoms with Crippen molar-refractivity contribution >= 4 is 8.32 Å². The van der Waals surface area contributed by atoms with Crippen molar-refractivity contribution < 1.29 is 9.53 Å². The average Bonchev–Trinajstić information content (AvgIpc) is 2.84. The van der Waals surface area contributed by atoms with Crippen LogP contribution < -0.4 is 0 Å². The van der Waals surface area contributed by atoms with Gasteiger partial charge >= 0.3 is 0 Å². The third-order valence-electron chi connectivity index (χ3n) is 8.01. The molecule has 2 fully saturated rings. The molecule has 0 heterocycles. The van der Waals surface area contributed by atoms with Crippen LogP contribution >= 0.6 is 0 Å². The van der Waals surface area contributed by atoms with Gasteiger partial charge in [0.15, 0.2) is 8.32 Å². The van der Waals surface area contributed by atoms with Crippen LogP contribution in [0.15, 0.2) is 12.2 Å². The minimum absolute atomic E-state index is 0.0621. The van der Waals surface area contributed by atoms with E-state index in [0.29, 0.717) is 23.4 Å². The molecule has 0 saturated heterocycles. The fourth-order valence-electron chi connectivity index (χ4n) is 5.40. The van der Waals surface area contributed by atoms with E-state index in [9.17, 15) is 5.11 Å². The Hall–Kier alpha value is -0.123. The molecule has 2 saturated carbocycles. The highest BCUT2D eigenvalue weighted by atomic mass is 28.4. The van der Waals surface area contributed by atoms with Gasteiger partial charge < -0.3 is 9.53 Å². The molecule has 0 radical (unpaired) electrons. The van der Waals surface area contributed by atoms with Crippen LogP contribution in [-0.4, -0.2) is 25.6 Å². The minimum atomic E-state index is -1.68. The molecule has 0 aromatic carbocycles. The van der Waals surface area contributed by atoms with Crippen LogP contribution in [0.4, 0.5) is 0 Å². The van der Waals surface area contributed by atoms with Crippen LogP contribution in [0.1, 0.15) is 80.1 Å². The van der Waals surface area contributed by atoms with Crippen molar-refractivity contribution in [3.8, 4) is 0 Å². The minimum Gasteiger partial charge on any atom is -0.414 e. The Labute approximate surface area is 163 Å². The first-order valence-electron chi connectivity index (χ1n) is 10.9. The smallest absolute Gasteiger partial charge is 0.192 e. The first-order valence-corrected chi connectivity index (χ1v) is 13.8. The fraction of sp³-hybridized carbons (Fsp3) is 0.913. The van der Waals surface area contributed by atoms with Crippen LogP contribution in [0.25, 0.3) is 0 Å². The van der Waals surface area contributed by atoms with Crippen molar-refractivity contribution in [2.75, 3.05) is 0 Å². The molecular formula is C23H44O2Si. The number of aliphatic hydroxyl groups excluding tert-OH is 1.